The number of aryl methyl sites for hydroxylation is 1. The van der Waals surface area contributed by atoms with Crippen LogP contribution in [0.4, 0.5) is 5.69 Å². The lowest BCUT2D eigenvalue weighted by molar-refractivity contribution is 0.102. The Balaban J connectivity index is 2.24. The van der Waals surface area contributed by atoms with E-state index in [2.05, 4.69) is 27.9 Å². The van der Waals surface area contributed by atoms with E-state index in [1.807, 2.05) is 25.1 Å². The average Bonchev–Trinajstić information content (AvgIpc) is 2.50. The number of carbonyl (C=O) groups is 1. The van der Waals surface area contributed by atoms with Crippen LogP contribution in [0.15, 0.2) is 36.4 Å². The molecule has 4 nitrogen and oxygen atoms in total. The molecule has 110 valence electrons. The minimum Gasteiger partial charge on any atom is -0.497 e. The van der Waals surface area contributed by atoms with Crippen molar-refractivity contribution in [2.24, 2.45) is 0 Å². The molecule has 0 fully saturated rings. The summed E-state index contributed by atoms with van der Waals surface area (Å²) in [7, 11) is 3.14. The summed E-state index contributed by atoms with van der Waals surface area (Å²) in [6.45, 7) is 2.01. The van der Waals surface area contributed by atoms with E-state index < -0.39 is 0 Å². The summed E-state index contributed by atoms with van der Waals surface area (Å²) >= 11 is 2.22. The SMILES string of the molecule is COc1ccc(NC(=O)c2ccc(C)c(I)c2)c(OC)c1. The van der Waals surface area contributed by atoms with Crippen LogP contribution in [0.25, 0.3) is 0 Å². The number of nitrogens with one attached hydrogen (secondary N) is 1. The van der Waals surface area contributed by atoms with Crippen LogP contribution in [0.3, 0.4) is 0 Å². The second-order valence-corrected chi connectivity index (χ2v) is 5.65. The van der Waals surface area contributed by atoms with Crippen LogP contribution in [-0.2, 0) is 0 Å². The second-order valence-electron chi connectivity index (χ2n) is 4.48. The number of anilines is 1. The Bertz CT molecular complexity index is 671. The van der Waals surface area contributed by atoms with Crippen LogP contribution in [0.1, 0.15) is 15.9 Å². The fourth-order valence-corrected chi connectivity index (χ4v) is 2.35. The van der Waals surface area contributed by atoms with E-state index in [-0.39, 0.29) is 5.91 Å². The van der Waals surface area contributed by atoms with Crippen LogP contribution in [0.5, 0.6) is 11.5 Å². The monoisotopic (exact) mass is 397 g/mol. The topological polar surface area (TPSA) is 47.6 Å². The van der Waals surface area contributed by atoms with Crippen molar-refractivity contribution in [1.82, 2.24) is 0 Å². The van der Waals surface area contributed by atoms with Gasteiger partial charge in [-0.25, -0.2) is 0 Å². The maximum atomic E-state index is 12.3. The highest BCUT2D eigenvalue weighted by Crippen LogP contribution is 2.29. The molecule has 0 bridgehead atoms. The van der Waals surface area contributed by atoms with Crippen LogP contribution in [0.2, 0.25) is 0 Å². The number of halogens is 1. The smallest absolute Gasteiger partial charge is 0.255 e. The first kappa shape index (κ1) is 15.6. The molecule has 0 aliphatic heterocycles. The molecule has 1 amide bonds. The first-order chi connectivity index (χ1) is 10.0. The second kappa shape index (κ2) is 6.80. The lowest BCUT2D eigenvalue weighted by atomic mass is 10.1. The van der Waals surface area contributed by atoms with E-state index in [9.17, 15) is 4.79 Å². The predicted octanol–water partition coefficient (Wildman–Crippen LogP) is 3.87. The van der Waals surface area contributed by atoms with Crippen molar-refractivity contribution in [3.8, 4) is 11.5 Å². The maximum Gasteiger partial charge on any atom is 0.255 e. The normalized spacial score (nSPS) is 10.1. The third-order valence-electron chi connectivity index (χ3n) is 3.09. The molecule has 0 atom stereocenters. The number of carbonyl (C=O) groups excluding carboxylic acids is 1. The molecule has 2 rings (SSSR count). The van der Waals surface area contributed by atoms with Crippen molar-refractivity contribution in [3.05, 3.63) is 51.1 Å². The van der Waals surface area contributed by atoms with Crippen LogP contribution < -0.4 is 14.8 Å². The number of hydrogen-bond donors (Lipinski definition) is 1. The first-order valence-corrected chi connectivity index (χ1v) is 7.42. The Labute approximate surface area is 137 Å². The molecule has 5 heteroatoms. The van der Waals surface area contributed by atoms with Crippen LogP contribution in [0, 0.1) is 10.5 Å². The molecule has 21 heavy (non-hydrogen) atoms. The number of amides is 1. The number of benzene rings is 2. The van der Waals surface area contributed by atoms with E-state index in [1.54, 1.807) is 32.4 Å². The van der Waals surface area contributed by atoms with Crippen molar-refractivity contribution >= 4 is 34.2 Å². The quantitative estimate of drug-likeness (QED) is 0.797. The number of methoxy groups -OCH3 is 2. The number of ether oxygens (including phenoxy) is 2. The van der Waals surface area contributed by atoms with Gasteiger partial charge in [0.1, 0.15) is 11.5 Å². The zero-order valence-corrected chi connectivity index (χ0v) is 14.2. The molecule has 0 spiro atoms. The number of hydrogen-bond acceptors (Lipinski definition) is 3. The van der Waals surface area contributed by atoms with Crippen LogP contribution in [-0.4, -0.2) is 20.1 Å². The van der Waals surface area contributed by atoms with Gasteiger partial charge in [0.05, 0.1) is 19.9 Å². The molecule has 0 heterocycles. The van der Waals surface area contributed by atoms with Gasteiger partial charge < -0.3 is 14.8 Å². The Morgan fingerprint density at radius 1 is 1.10 bits per heavy atom. The Morgan fingerprint density at radius 2 is 1.86 bits per heavy atom. The van der Waals surface area contributed by atoms with Gasteiger partial charge >= 0.3 is 0 Å². The van der Waals surface area contributed by atoms with Crippen molar-refractivity contribution in [3.63, 3.8) is 0 Å². The fraction of sp³-hybridized carbons (Fsp3) is 0.188. The van der Waals surface area contributed by atoms with E-state index in [1.165, 1.54) is 0 Å². The fourth-order valence-electron chi connectivity index (χ4n) is 1.83. The maximum absolute atomic E-state index is 12.3. The summed E-state index contributed by atoms with van der Waals surface area (Å²) < 4.78 is 11.5. The number of rotatable bonds is 4. The zero-order chi connectivity index (χ0) is 15.4. The van der Waals surface area contributed by atoms with E-state index in [4.69, 9.17) is 9.47 Å². The minimum absolute atomic E-state index is 0.170. The van der Waals surface area contributed by atoms with Gasteiger partial charge in [-0.1, -0.05) is 6.07 Å². The van der Waals surface area contributed by atoms with Gasteiger partial charge in [-0.15, -0.1) is 0 Å². The third kappa shape index (κ3) is 3.66. The Hall–Kier alpha value is -1.76. The van der Waals surface area contributed by atoms with Crippen LogP contribution >= 0.6 is 22.6 Å². The summed E-state index contributed by atoms with van der Waals surface area (Å²) in [6.07, 6.45) is 0. The molecule has 0 aromatic heterocycles. The molecular formula is C16H16INO3. The van der Waals surface area contributed by atoms with Gasteiger partial charge in [0.15, 0.2) is 0 Å². The molecule has 1 N–H and O–H groups in total. The standard InChI is InChI=1S/C16H16INO3/c1-10-4-5-11(8-13(10)17)16(19)18-14-7-6-12(20-2)9-15(14)21-3/h4-9H,1-3H3,(H,18,19). The Morgan fingerprint density at radius 3 is 2.48 bits per heavy atom. The molecule has 0 radical (unpaired) electrons. The summed E-state index contributed by atoms with van der Waals surface area (Å²) in [6, 6.07) is 10.9. The minimum atomic E-state index is -0.170. The highest BCUT2D eigenvalue weighted by atomic mass is 127. The predicted molar refractivity (Wildman–Crippen MR) is 91.4 cm³/mol. The first-order valence-electron chi connectivity index (χ1n) is 6.34. The third-order valence-corrected chi connectivity index (χ3v) is 4.25. The van der Waals surface area contributed by atoms with E-state index >= 15 is 0 Å². The van der Waals surface area contributed by atoms with Crippen molar-refractivity contribution < 1.29 is 14.3 Å². The van der Waals surface area contributed by atoms with Gasteiger partial charge in [0.2, 0.25) is 0 Å². The summed E-state index contributed by atoms with van der Waals surface area (Å²) in [5, 5.41) is 2.85. The van der Waals surface area contributed by atoms with Gasteiger partial charge in [-0.2, -0.15) is 0 Å². The largest absolute Gasteiger partial charge is 0.497 e. The zero-order valence-electron chi connectivity index (χ0n) is 12.1. The van der Waals surface area contributed by atoms with E-state index in [0.29, 0.717) is 22.7 Å². The highest BCUT2D eigenvalue weighted by molar-refractivity contribution is 14.1. The molecule has 0 saturated carbocycles. The molecule has 0 aliphatic carbocycles. The van der Waals surface area contributed by atoms with Gasteiger partial charge in [-0.05, 0) is 59.3 Å². The molecule has 0 aliphatic rings. The lowest BCUT2D eigenvalue weighted by Gasteiger charge is -2.12. The summed E-state index contributed by atoms with van der Waals surface area (Å²) in [4.78, 5) is 12.3. The highest BCUT2D eigenvalue weighted by Gasteiger charge is 2.11. The molecule has 0 unspecified atom stereocenters. The van der Waals surface area contributed by atoms with E-state index in [0.717, 1.165) is 9.13 Å². The molecular weight excluding hydrogens is 381 g/mol. The van der Waals surface area contributed by atoms with Gasteiger partial charge in [-0.3, -0.25) is 4.79 Å². The lowest BCUT2D eigenvalue weighted by Crippen LogP contribution is -2.13. The molecule has 0 saturated heterocycles. The molecule has 2 aromatic rings. The summed E-state index contributed by atoms with van der Waals surface area (Å²) in [5.41, 5.74) is 2.37. The average molecular weight is 397 g/mol. The van der Waals surface area contributed by atoms with Crippen molar-refractivity contribution in [1.29, 1.82) is 0 Å². The van der Waals surface area contributed by atoms with Crippen molar-refractivity contribution in [2.45, 2.75) is 6.92 Å². The van der Waals surface area contributed by atoms with Crippen molar-refractivity contribution in [2.75, 3.05) is 19.5 Å². The Kier molecular flexibility index (Phi) is 5.06. The molecule has 2 aromatic carbocycles. The van der Waals surface area contributed by atoms with Gasteiger partial charge in [0, 0.05) is 15.2 Å². The summed E-state index contributed by atoms with van der Waals surface area (Å²) in [5.74, 6) is 1.07. The van der Waals surface area contributed by atoms with Gasteiger partial charge in [0.25, 0.3) is 5.91 Å².